The Morgan fingerprint density at radius 2 is 1.81 bits per heavy atom. The summed E-state index contributed by atoms with van der Waals surface area (Å²) in [5.74, 6) is -0.0438. The molecule has 0 bridgehead atoms. The minimum Gasteiger partial charge on any atom is -0.324 e. The second-order valence-corrected chi connectivity index (χ2v) is 7.32. The minimum atomic E-state index is -0.0438. The van der Waals surface area contributed by atoms with Crippen LogP contribution in [-0.4, -0.2) is 58.2 Å². The van der Waals surface area contributed by atoms with Crippen LogP contribution in [0, 0.1) is 6.92 Å². The number of nitrogens with one attached hydrogen (secondary N) is 1. The van der Waals surface area contributed by atoms with Crippen molar-refractivity contribution in [1.29, 1.82) is 0 Å². The van der Waals surface area contributed by atoms with Crippen molar-refractivity contribution < 1.29 is 4.79 Å². The van der Waals surface area contributed by atoms with Gasteiger partial charge in [0.15, 0.2) is 0 Å². The number of nitrogens with zero attached hydrogens (tertiary/aromatic N) is 4. The van der Waals surface area contributed by atoms with Gasteiger partial charge in [0.2, 0.25) is 5.91 Å². The maximum atomic E-state index is 12.2. The van der Waals surface area contributed by atoms with E-state index in [9.17, 15) is 4.79 Å². The summed E-state index contributed by atoms with van der Waals surface area (Å²) in [6.45, 7) is 6.61. The first kappa shape index (κ1) is 19.2. The van der Waals surface area contributed by atoms with Crippen molar-refractivity contribution in [3.63, 3.8) is 0 Å². The Kier molecular flexibility index (Phi) is 6.19. The van der Waals surface area contributed by atoms with E-state index in [1.54, 1.807) is 16.8 Å². The van der Waals surface area contributed by atoms with Crippen LogP contribution in [0.2, 0.25) is 10.2 Å². The van der Waals surface area contributed by atoms with Crippen molar-refractivity contribution in [2.75, 3.05) is 38.0 Å². The van der Waals surface area contributed by atoms with Gasteiger partial charge in [0.05, 0.1) is 22.9 Å². The number of rotatable bonds is 5. The van der Waals surface area contributed by atoms with E-state index < -0.39 is 0 Å². The van der Waals surface area contributed by atoms with Crippen LogP contribution >= 0.6 is 23.2 Å². The molecule has 1 saturated heterocycles. The number of para-hydroxylation sites is 1. The van der Waals surface area contributed by atoms with Gasteiger partial charge in [-0.2, -0.15) is 5.10 Å². The van der Waals surface area contributed by atoms with E-state index in [-0.39, 0.29) is 5.91 Å². The molecule has 0 aliphatic carbocycles. The maximum absolute atomic E-state index is 12.2. The summed E-state index contributed by atoms with van der Waals surface area (Å²) in [6.07, 6.45) is 0. The van der Waals surface area contributed by atoms with Gasteiger partial charge in [-0.15, -0.1) is 0 Å². The highest BCUT2D eigenvalue weighted by atomic mass is 35.5. The Morgan fingerprint density at radius 3 is 2.42 bits per heavy atom. The highest BCUT2D eigenvalue weighted by Crippen LogP contribution is 2.22. The van der Waals surface area contributed by atoms with Crippen molar-refractivity contribution in [3.8, 4) is 0 Å². The van der Waals surface area contributed by atoms with Crippen LogP contribution in [0.4, 0.5) is 5.69 Å². The van der Waals surface area contributed by atoms with Crippen LogP contribution < -0.4 is 5.32 Å². The predicted molar refractivity (Wildman–Crippen MR) is 105 cm³/mol. The second-order valence-electron chi connectivity index (χ2n) is 6.56. The molecular formula is C18H23Cl2N5O. The number of carbonyl (C=O) groups excluding carboxylic acids is 1. The molecule has 6 nitrogen and oxygen atoms in total. The van der Waals surface area contributed by atoms with Crippen LogP contribution in [0.3, 0.4) is 0 Å². The topological polar surface area (TPSA) is 53.4 Å². The number of amides is 1. The summed E-state index contributed by atoms with van der Waals surface area (Å²) < 4.78 is 1.71. The molecule has 26 heavy (non-hydrogen) atoms. The third-order valence-corrected chi connectivity index (χ3v) is 5.43. The summed E-state index contributed by atoms with van der Waals surface area (Å²) in [5, 5.41) is 8.48. The van der Waals surface area contributed by atoms with Crippen LogP contribution in [0.5, 0.6) is 0 Å². The lowest BCUT2D eigenvalue weighted by Crippen LogP contribution is -2.48. The minimum absolute atomic E-state index is 0.0438. The normalized spacial score (nSPS) is 16.0. The zero-order valence-corrected chi connectivity index (χ0v) is 16.5. The molecule has 1 N–H and O–H groups in total. The predicted octanol–water partition coefficient (Wildman–Crippen LogP) is 2.79. The van der Waals surface area contributed by atoms with E-state index in [2.05, 4.69) is 20.2 Å². The number of hydrogen-bond donors (Lipinski definition) is 1. The molecule has 0 atom stereocenters. The molecule has 0 saturated carbocycles. The summed E-state index contributed by atoms with van der Waals surface area (Å²) in [7, 11) is 1.86. The number of piperazine rings is 1. The van der Waals surface area contributed by atoms with Crippen molar-refractivity contribution in [2.24, 2.45) is 7.05 Å². The summed E-state index contributed by atoms with van der Waals surface area (Å²) in [6, 6.07) is 7.26. The molecule has 1 aromatic carbocycles. The van der Waals surface area contributed by atoms with Crippen molar-refractivity contribution >= 4 is 34.8 Å². The third kappa shape index (κ3) is 4.57. The highest BCUT2D eigenvalue weighted by molar-refractivity contribution is 6.33. The zero-order chi connectivity index (χ0) is 18.7. The first-order valence-electron chi connectivity index (χ1n) is 8.61. The Hall–Kier alpha value is -1.60. The molecule has 0 radical (unpaired) electrons. The van der Waals surface area contributed by atoms with Gasteiger partial charge in [0.1, 0.15) is 5.15 Å². The van der Waals surface area contributed by atoms with Gasteiger partial charge in [-0.25, -0.2) is 0 Å². The maximum Gasteiger partial charge on any atom is 0.238 e. The van der Waals surface area contributed by atoms with Gasteiger partial charge in [-0.05, 0) is 19.1 Å². The largest absolute Gasteiger partial charge is 0.324 e. The molecule has 8 heteroatoms. The van der Waals surface area contributed by atoms with Gasteiger partial charge in [-0.1, -0.05) is 35.3 Å². The summed E-state index contributed by atoms with van der Waals surface area (Å²) >= 11 is 12.4. The van der Waals surface area contributed by atoms with Crippen molar-refractivity contribution in [2.45, 2.75) is 13.5 Å². The fraction of sp³-hybridized carbons (Fsp3) is 0.444. The molecule has 1 amide bonds. The van der Waals surface area contributed by atoms with Gasteiger partial charge in [0.25, 0.3) is 0 Å². The monoisotopic (exact) mass is 395 g/mol. The zero-order valence-electron chi connectivity index (χ0n) is 15.0. The molecule has 1 aliphatic heterocycles. The van der Waals surface area contributed by atoms with Gasteiger partial charge < -0.3 is 5.32 Å². The molecular weight excluding hydrogens is 373 g/mol. The van der Waals surface area contributed by atoms with E-state index in [0.29, 0.717) is 22.4 Å². The molecule has 1 aliphatic rings. The van der Waals surface area contributed by atoms with Crippen molar-refractivity contribution in [3.05, 3.63) is 45.7 Å². The average Bonchev–Trinajstić information content (AvgIpc) is 2.85. The number of anilines is 1. The van der Waals surface area contributed by atoms with Crippen LogP contribution in [0.15, 0.2) is 24.3 Å². The number of halogens is 2. The lowest BCUT2D eigenvalue weighted by Gasteiger charge is -2.34. The smallest absolute Gasteiger partial charge is 0.238 e. The first-order chi connectivity index (χ1) is 12.4. The third-order valence-electron chi connectivity index (χ3n) is 4.63. The summed E-state index contributed by atoms with van der Waals surface area (Å²) in [4.78, 5) is 16.7. The highest BCUT2D eigenvalue weighted by Gasteiger charge is 2.21. The van der Waals surface area contributed by atoms with Crippen molar-refractivity contribution in [1.82, 2.24) is 19.6 Å². The van der Waals surface area contributed by atoms with E-state index in [0.717, 1.165) is 44.0 Å². The molecule has 3 rings (SSSR count). The SMILES string of the molecule is Cc1nn(C)c(Cl)c1CN1CCN(CC(=O)Nc2ccccc2Cl)CC1. The Balaban J connectivity index is 1.48. The van der Waals surface area contributed by atoms with Gasteiger partial charge in [0, 0.05) is 45.3 Å². The fourth-order valence-corrected chi connectivity index (χ4v) is 3.56. The lowest BCUT2D eigenvalue weighted by atomic mass is 10.2. The standard InChI is InChI=1S/C18H23Cl2N5O/c1-13-14(18(20)23(2)22-13)11-24-7-9-25(10-8-24)12-17(26)21-16-6-4-3-5-15(16)19/h3-6H,7-12H2,1-2H3,(H,21,26). The molecule has 0 spiro atoms. The lowest BCUT2D eigenvalue weighted by molar-refractivity contribution is -0.117. The number of aryl methyl sites for hydroxylation is 2. The number of hydrogen-bond acceptors (Lipinski definition) is 4. The first-order valence-corrected chi connectivity index (χ1v) is 9.36. The van der Waals surface area contributed by atoms with Crippen LogP contribution in [0.25, 0.3) is 0 Å². The van der Waals surface area contributed by atoms with Gasteiger partial charge in [-0.3, -0.25) is 19.3 Å². The Bertz CT molecular complexity index is 784. The number of aromatic nitrogens is 2. The molecule has 0 unspecified atom stereocenters. The van der Waals surface area contributed by atoms with Crippen LogP contribution in [0.1, 0.15) is 11.3 Å². The molecule has 2 heterocycles. The number of benzene rings is 1. The Morgan fingerprint density at radius 1 is 1.15 bits per heavy atom. The Labute approximate surface area is 163 Å². The number of carbonyl (C=O) groups is 1. The van der Waals surface area contributed by atoms with E-state index in [1.807, 2.05) is 26.1 Å². The molecule has 1 aromatic heterocycles. The van der Waals surface area contributed by atoms with Crippen LogP contribution in [-0.2, 0) is 18.4 Å². The van der Waals surface area contributed by atoms with E-state index >= 15 is 0 Å². The molecule has 140 valence electrons. The summed E-state index contributed by atoms with van der Waals surface area (Å²) in [5.41, 5.74) is 2.71. The van der Waals surface area contributed by atoms with E-state index in [1.165, 1.54) is 0 Å². The molecule has 2 aromatic rings. The quantitative estimate of drug-likeness (QED) is 0.845. The van der Waals surface area contributed by atoms with E-state index in [4.69, 9.17) is 23.2 Å². The molecule has 1 fully saturated rings. The average molecular weight is 396 g/mol. The van der Waals surface area contributed by atoms with Gasteiger partial charge >= 0.3 is 0 Å². The second kappa shape index (κ2) is 8.39. The fourth-order valence-electron chi connectivity index (χ4n) is 3.14.